The lowest BCUT2D eigenvalue weighted by Crippen LogP contribution is -2.34. The molecule has 4 aromatic rings. The number of hydrogen-bond acceptors (Lipinski definition) is 4. The van der Waals surface area contributed by atoms with Crippen molar-refractivity contribution in [3.05, 3.63) is 82.4 Å². The van der Waals surface area contributed by atoms with Crippen molar-refractivity contribution in [1.82, 2.24) is 10.3 Å². The van der Waals surface area contributed by atoms with Crippen LogP contribution in [0.2, 0.25) is 0 Å². The number of nitrogens with zero attached hydrogens (tertiary/aromatic N) is 1. The highest BCUT2D eigenvalue weighted by atomic mass is 32.1. The van der Waals surface area contributed by atoms with Gasteiger partial charge >= 0.3 is 0 Å². The summed E-state index contributed by atoms with van der Waals surface area (Å²) in [7, 11) is 0. The fourth-order valence-electron chi connectivity index (χ4n) is 3.44. The van der Waals surface area contributed by atoms with Crippen LogP contribution in [0, 0.1) is 27.7 Å². The molecule has 0 aliphatic carbocycles. The quantitative estimate of drug-likeness (QED) is 0.400. The maximum absolute atomic E-state index is 12.6. The molecule has 1 aromatic heterocycles. The van der Waals surface area contributed by atoms with Crippen molar-refractivity contribution < 1.29 is 9.21 Å². The van der Waals surface area contributed by atoms with Gasteiger partial charge in [-0.25, -0.2) is 4.98 Å². The van der Waals surface area contributed by atoms with Gasteiger partial charge in [0.05, 0.1) is 0 Å². The summed E-state index contributed by atoms with van der Waals surface area (Å²) in [6.45, 7) is 7.90. The fraction of sp³-hybridized carbons (Fsp3) is 0.160. The summed E-state index contributed by atoms with van der Waals surface area (Å²) in [4.78, 5) is 17.2. The molecule has 0 unspecified atom stereocenters. The molecule has 0 bridgehead atoms. The Balaban J connectivity index is 1.54. The molecule has 5 nitrogen and oxygen atoms in total. The van der Waals surface area contributed by atoms with E-state index in [-0.39, 0.29) is 11.0 Å². The van der Waals surface area contributed by atoms with Crippen molar-refractivity contribution in [1.29, 1.82) is 0 Å². The molecule has 0 saturated carbocycles. The number of aromatic nitrogens is 1. The number of fused-ring (bicyclic) bond motifs is 1. The first-order valence-corrected chi connectivity index (χ1v) is 10.4. The minimum atomic E-state index is -0.238. The molecule has 1 heterocycles. The number of aryl methyl sites for hydroxylation is 4. The molecule has 4 rings (SSSR count). The summed E-state index contributed by atoms with van der Waals surface area (Å²) in [6, 6.07) is 17.4. The van der Waals surface area contributed by atoms with Crippen LogP contribution in [0.1, 0.15) is 32.6 Å². The van der Waals surface area contributed by atoms with Gasteiger partial charge in [0.15, 0.2) is 10.7 Å². The molecule has 0 atom stereocenters. The highest BCUT2D eigenvalue weighted by Gasteiger charge is 2.13. The van der Waals surface area contributed by atoms with Crippen molar-refractivity contribution in [2.75, 3.05) is 5.32 Å². The summed E-state index contributed by atoms with van der Waals surface area (Å²) in [6.07, 6.45) is 0. The van der Waals surface area contributed by atoms with Gasteiger partial charge in [0.25, 0.3) is 5.91 Å². The first-order chi connectivity index (χ1) is 14.8. The lowest BCUT2D eigenvalue weighted by Gasteiger charge is -2.13. The number of oxazole rings is 1. The first-order valence-electron chi connectivity index (χ1n) is 9.98. The Hall–Kier alpha value is -3.51. The first kappa shape index (κ1) is 20.8. The van der Waals surface area contributed by atoms with Crippen molar-refractivity contribution in [3.8, 4) is 11.5 Å². The molecular formula is C25H23N3O2S. The Labute approximate surface area is 186 Å². The summed E-state index contributed by atoms with van der Waals surface area (Å²) in [5.41, 5.74) is 7.89. The van der Waals surface area contributed by atoms with E-state index in [4.69, 9.17) is 16.6 Å². The van der Waals surface area contributed by atoms with Crippen LogP contribution in [0.25, 0.3) is 22.6 Å². The predicted molar refractivity (Wildman–Crippen MR) is 129 cm³/mol. The van der Waals surface area contributed by atoms with Crippen molar-refractivity contribution >= 4 is 40.0 Å². The van der Waals surface area contributed by atoms with E-state index in [1.165, 1.54) is 0 Å². The average Bonchev–Trinajstić information content (AvgIpc) is 3.12. The topological polar surface area (TPSA) is 67.2 Å². The van der Waals surface area contributed by atoms with E-state index in [0.29, 0.717) is 11.5 Å². The lowest BCUT2D eigenvalue weighted by molar-refractivity contribution is 0.0977. The molecule has 0 saturated heterocycles. The lowest BCUT2D eigenvalue weighted by atomic mass is 10.1. The maximum Gasteiger partial charge on any atom is 0.257 e. The minimum Gasteiger partial charge on any atom is -0.436 e. The van der Waals surface area contributed by atoms with E-state index in [2.05, 4.69) is 15.6 Å². The number of carbonyl (C=O) groups excluding carboxylic acids is 1. The molecule has 0 fully saturated rings. The van der Waals surface area contributed by atoms with Gasteiger partial charge in [0.2, 0.25) is 5.89 Å². The third-order valence-electron chi connectivity index (χ3n) is 5.13. The molecular weight excluding hydrogens is 406 g/mol. The maximum atomic E-state index is 12.6. The summed E-state index contributed by atoms with van der Waals surface area (Å²) in [5.74, 6) is 0.298. The smallest absolute Gasteiger partial charge is 0.257 e. The monoisotopic (exact) mass is 429 g/mol. The molecule has 0 aliphatic heterocycles. The zero-order valence-electron chi connectivity index (χ0n) is 17.9. The number of thiocarbonyl (C=S) groups is 1. The van der Waals surface area contributed by atoms with E-state index < -0.39 is 0 Å². The van der Waals surface area contributed by atoms with Gasteiger partial charge in [0.1, 0.15) is 5.52 Å². The van der Waals surface area contributed by atoms with Gasteiger partial charge in [-0.15, -0.1) is 0 Å². The van der Waals surface area contributed by atoms with E-state index >= 15 is 0 Å². The van der Waals surface area contributed by atoms with Crippen molar-refractivity contribution in [2.24, 2.45) is 0 Å². The van der Waals surface area contributed by atoms with Gasteiger partial charge < -0.3 is 9.73 Å². The Kier molecular flexibility index (Phi) is 5.57. The van der Waals surface area contributed by atoms with E-state index in [9.17, 15) is 4.79 Å². The normalized spacial score (nSPS) is 10.8. The van der Waals surface area contributed by atoms with Crippen LogP contribution < -0.4 is 10.6 Å². The Morgan fingerprint density at radius 2 is 1.65 bits per heavy atom. The van der Waals surface area contributed by atoms with Crippen LogP contribution in [-0.2, 0) is 0 Å². The molecule has 1 amide bonds. The standard InChI is InChI=1S/C25H23N3O2S/c1-14-5-9-19(17(4)11-14)23(29)28-25(31)27-20-13-18(8-7-16(20)3)24-26-21-12-15(2)6-10-22(21)30-24/h5-13H,1-4H3,(H2,27,28,29,31). The predicted octanol–water partition coefficient (Wildman–Crippen LogP) is 5.86. The molecule has 0 radical (unpaired) electrons. The van der Waals surface area contributed by atoms with Crippen LogP contribution in [0.5, 0.6) is 0 Å². The van der Waals surface area contributed by atoms with Crippen LogP contribution in [0.3, 0.4) is 0 Å². The highest BCUT2D eigenvalue weighted by Crippen LogP contribution is 2.28. The number of nitrogens with one attached hydrogen (secondary N) is 2. The molecule has 0 aliphatic rings. The molecule has 2 N–H and O–H groups in total. The third kappa shape index (κ3) is 4.49. The second-order valence-electron chi connectivity index (χ2n) is 7.75. The Morgan fingerprint density at radius 1 is 0.903 bits per heavy atom. The molecule has 31 heavy (non-hydrogen) atoms. The van der Waals surface area contributed by atoms with E-state index in [0.717, 1.165) is 44.6 Å². The van der Waals surface area contributed by atoms with E-state index in [1.807, 2.05) is 82.3 Å². The van der Waals surface area contributed by atoms with Gasteiger partial charge in [-0.05, 0) is 86.9 Å². The van der Waals surface area contributed by atoms with Crippen molar-refractivity contribution in [3.63, 3.8) is 0 Å². The van der Waals surface area contributed by atoms with E-state index in [1.54, 1.807) is 0 Å². The zero-order chi connectivity index (χ0) is 22.1. The second kappa shape index (κ2) is 8.32. The zero-order valence-corrected chi connectivity index (χ0v) is 18.7. The number of anilines is 1. The largest absolute Gasteiger partial charge is 0.436 e. The SMILES string of the molecule is Cc1ccc(C(=O)NC(=S)Nc2cc(-c3nc4cc(C)ccc4o3)ccc2C)c(C)c1. The Morgan fingerprint density at radius 3 is 2.42 bits per heavy atom. The van der Waals surface area contributed by atoms with Gasteiger partial charge in [0, 0.05) is 16.8 Å². The molecule has 0 spiro atoms. The summed E-state index contributed by atoms with van der Waals surface area (Å²) >= 11 is 5.39. The van der Waals surface area contributed by atoms with Gasteiger partial charge in [-0.1, -0.05) is 29.8 Å². The number of rotatable bonds is 3. The number of hydrogen-bond donors (Lipinski definition) is 2. The second-order valence-corrected chi connectivity index (χ2v) is 8.15. The Bertz CT molecular complexity index is 1320. The van der Waals surface area contributed by atoms with Crippen LogP contribution in [0.4, 0.5) is 5.69 Å². The molecule has 3 aromatic carbocycles. The van der Waals surface area contributed by atoms with Crippen LogP contribution in [-0.4, -0.2) is 16.0 Å². The third-order valence-corrected chi connectivity index (χ3v) is 5.33. The van der Waals surface area contributed by atoms with Crippen molar-refractivity contribution in [2.45, 2.75) is 27.7 Å². The molecule has 156 valence electrons. The highest BCUT2D eigenvalue weighted by molar-refractivity contribution is 7.80. The summed E-state index contributed by atoms with van der Waals surface area (Å²) < 4.78 is 5.91. The number of benzene rings is 3. The fourth-order valence-corrected chi connectivity index (χ4v) is 3.65. The summed E-state index contributed by atoms with van der Waals surface area (Å²) in [5, 5.41) is 6.12. The number of carbonyl (C=O) groups is 1. The number of amides is 1. The van der Waals surface area contributed by atoms with Gasteiger partial charge in [-0.2, -0.15) is 0 Å². The average molecular weight is 430 g/mol. The molecule has 6 heteroatoms. The van der Waals surface area contributed by atoms with Gasteiger partial charge in [-0.3, -0.25) is 10.1 Å². The minimum absolute atomic E-state index is 0.235. The van der Waals surface area contributed by atoms with Crippen LogP contribution in [0.15, 0.2) is 59.0 Å². The van der Waals surface area contributed by atoms with Crippen LogP contribution >= 0.6 is 12.2 Å².